The van der Waals surface area contributed by atoms with Crippen molar-refractivity contribution in [3.8, 4) is 6.07 Å². The highest BCUT2D eigenvalue weighted by molar-refractivity contribution is 8.02. The number of aryl methyl sites for hydroxylation is 1. The molecule has 3 aromatic heterocycles. The molecule has 0 saturated heterocycles. The van der Waals surface area contributed by atoms with Crippen molar-refractivity contribution in [1.29, 1.82) is 5.26 Å². The summed E-state index contributed by atoms with van der Waals surface area (Å²) in [7, 11) is 1.54. The summed E-state index contributed by atoms with van der Waals surface area (Å²) in [6.07, 6.45) is 4.97. The lowest BCUT2D eigenvalue weighted by atomic mass is 10.2. The van der Waals surface area contributed by atoms with Crippen LogP contribution in [0.3, 0.4) is 0 Å². The molecule has 1 amide bonds. The third-order valence-corrected chi connectivity index (χ3v) is 5.26. The van der Waals surface area contributed by atoms with Gasteiger partial charge in [-0.1, -0.05) is 24.8 Å². The number of amides is 1. The van der Waals surface area contributed by atoms with E-state index in [0.29, 0.717) is 11.3 Å². The molecule has 0 saturated carbocycles. The number of aromatic nitrogens is 3. The van der Waals surface area contributed by atoms with Gasteiger partial charge in [0.1, 0.15) is 17.4 Å². The Bertz CT molecular complexity index is 1360. The molecule has 0 N–H and O–H groups in total. The summed E-state index contributed by atoms with van der Waals surface area (Å²) in [6, 6.07) is 7.13. The third kappa shape index (κ3) is 4.66. The van der Waals surface area contributed by atoms with Crippen LogP contribution in [0.15, 0.2) is 58.3 Å². The van der Waals surface area contributed by atoms with Crippen LogP contribution in [0.2, 0.25) is 0 Å². The highest BCUT2D eigenvalue weighted by atomic mass is 32.2. The molecule has 0 unspecified atom stereocenters. The molecule has 31 heavy (non-hydrogen) atoms. The standard InChI is InChI=1S/C22H21N5O3S/c1-4-5-11-31-14-18(28)24-20-16(13-23)12-17-21(26(20)9-10-30-3)25-19-15(2)7-6-8-27(19)22(17)29/h4-8,11-12H,1,9-10,14H2,2-3H3. The second kappa shape index (κ2) is 10.0. The summed E-state index contributed by atoms with van der Waals surface area (Å²) >= 11 is 1.27. The van der Waals surface area contributed by atoms with Crippen molar-refractivity contribution in [3.05, 3.63) is 75.5 Å². The Morgan fingerprint density at radius 2 is 2.26 bits per heavy atom. The van der Waals surface area contributed by atoms with Gasteiger partial charge in [-0.15, -0.1) is 11.8 Å². The topological polar surface area (TPSA) is 102 Å². The molecule has 9 heteroatoms. The van der Waals surface area contributed by atoms with Crippen LogP contribution in [0.5, 0.6) is 0 Å². The van der Waals surface area contributed by atoms with Gasteiger partial charge in [0.05, 0.1) is 23.3 Å². The first-order valence-corrected chi connectivity index (χ1v) is 10.5. The third-order valence-electron chi connectivity index (χ3n) is 4.49. The zero-order valence-electron chi connectivity index (χ0n) is 17.2. The van der Waals surface area contributed by atoms with Gasteiger partial charge in [0.2, 0.25) is 0 Å². The number of nitrogens with zero attached hydrogens (tertiary/aromatic N) is 5. The van der Waals surface area contributed by atoms with Crippen LogP contribution in [-0.2, 0) is 16.1 Å². The van der Waals surface area contributed by atoms with E-state index in [2.05, 4.69) is 22.6 Å². The average molecular weight is 436 g/mol. The number of fused-ring (bicyclic) bond motifs is 2. The number of rotatable bonds is 7. The number of thioether (sulfide) groups is 1. The van der Waals surface area contributed by atoms with Gasteiger partial charge in [-0.2, -0.15) is 10.3 Å². The van der Waals surface area contributed by atoms with Gasteiger partial charge in [-0.25, -0.2) is 4.98 Å². The quantitative estimate of drug-likeness (QED) is 0.417. The van der Waals surface area contributed by atoms with E-state index in [4.69, 9.17) is 4.74 Å². The smallest absolute Gasteiger partial charge is 0.267 e. The average Bonchev–Trinajstić information content (AvgIpc) is 2.76. The Morgan fingerprint density at radius 3 is 2.97 bits per heavy atom. The van der Waals surface area contributed by atoms with Gasteiger partial charge in [-0.05, 0) is 30.0 Å². The molecule has 0 aromatic carbocycles. The van der Waals surface area contributed by atoms with E-state index < -0.39 is 5.91 Å². The molecule has 0 aliphatic heterocycles. The minimum atomic E-state index is -0.408. The molecule has 3 heterocycles. The van der Waals surface area contributed by atoms with E-state index in [1.807, 2.05) is 13.0 Å². The maximum atomic E-state index is 13.1. The van der Waals surface area contributed by atoms with Gasteiger partial charge < -0.3 is 9.30 Å². The molecule has 0 radical (unpaired) electrons. The monoisotopic (exact) mass is 435 g/mol. The van der Waals surface area contributed by atoms with E-state index in [9.17, 15) is 14.9 Å². The predicted octanol–water partition coefficient (Wildman–Crippen LogP) is 2.34. The maximum Gasteiger partial charge on any atom is 0.267 e. The zero-order valence-corrected chi connectivity index (χ0v) is 18.1. The first-order chi connectivity index (χ1) is 15.0. The fourth-order valence-corrected chi connectivity index (χ4v) is 3.59. The highest BCUT2D eigenvalue weighted by Crippen LogP contribution is 2.13. The lowest BCUT2D eigenvalue weighted by Crippen LogP contribution is -2.31. The summed E-state index contributed by atoms with van der Waals surface area (Å²) in [5, 5.41) is 11.7. The number of nitriles is 1. The molecule has 0 spiro atoms. The van der Waals surface area contributed by atoms with Crippen molar-refractivity contribution in [2.24, 2.45) is 4.99 Å². The summed E-state index contributed by atoms with van der Waals surface area (Å²) < 4.78 is 8.25. The van der Waals surface area contributed by atoms with Crippen molar-refractivity contribution >= 4 is 34.3 Å². The Balaban J connectivity index is 2.32. The number of allylic oxidation sites excluding steroid dienone is 2. The zero-order chi connectivity index (χ0) is 22.4. The first-order valence-electron chi connectivity index (χ1n) is 9.43. The second-order valence-corrected chi connectivity index (χ2v) is 7.45. The van der Waals surface area contributed by atoms with Gasteiger partial charge >= 0.3 is 0 Å². The number of methoxy groups -OCH3 is 1. The fraction of sp³-hybridized carbons (Fsp3) is 0.227. The predicted molar refractivity (Wildman–Crippen MR) is 121 cm³/mol. The molecule has 0 fully saturated rings. The van der Waals surface area contributed by atoms with Crippen LogP contribution >= 0.6 is 11.8 Å². The maximum absolute atomic E-state index is 13.1. The van der Waals surface area contributed by atoms with Crippen molar-refractivity contribution in [2.45, 2.75) is 13.5 Å². The van der Waals surface area contributed by atoms with Gasteiger partial charge in [0.15, 0.2) is 5.49 Å². The normalized spacial score (nSPS) is 12.0. The number of carbonyl (C=O) groups is 1. The van der Waals surface area contributed by atoms with Crippen molar-refractivity contribution in [1.82, 2.24) is 14.0 Å². The van der Waals surface area contributed by atoms with Crippen LogP contribution in [0, 0.1) is 18.3 Å². The minimum Gasteiger partial charge on any atom is -0.383 e. The number of pyridine rings is 2. The Morgan fingerprint density at radius 1 is 1.45 bits per heavy atom. The minimum absolute atomic E-state index is 0.102. The molecular weight excluding hydrogens is 414 g/mol. The fourth-order valence-electron chi connectivity index (χ4n) is 3.07. The molecular formula is C22H21N5O3S. The number of ether oxygens (including phenoxy) is 1. The number of hydrogen-bond donors (Lipinski definition) is 0. The van der Waals surface area contributed by atoms with Gasteiger partial charge in [0, 0.05) is 19.9 Å². The van der Waals surface area contributed by atoms with Crippen molar-refractivity contribution < 1.29 is 9.53 Å². The largest absolute Gasteiger partial charge is 0.383 e. The van der Waals surface area contributed by atoms with Crippen LogP contribution in [0.4, 0.5) is 0 Å². The number of hydrogen-bond acceptors (Lipinski definition) is 6. The van der Waals surface area contributed by atoms with E-state index in [1.54, 1.807) is 41.5 Å². The Hall–Kier alpha value is -3.48. The summed E-state index contributed by atoms with van der Waals surface area (Å²) in [5.74, 6) is -0.306. The highest BCUT2D eigenvalue weighted by Gasteiger charge is 2.15. The summed E-state index contributed by atoms with van der Waals surface area (Å²) in [6.45, 7) is 6.00. The van der Waals surface area contributed by atoms with Crippen LogP contribution in [-0.4, -0.2) is 39.3 Å². The van der Waals surface area contributed by atoms with Crippen molar-refractivity contribution in [3.63, 3.8) is 0 Å². The summed E-state index contributed by atoms with van der Waals surface area (Å²) in [4.78, 5) is 34.4. The molecule has 8 nitrogen and oxygen atoms in total. The second-order valence-electron chi connectivity index (χ2n) is 6.56. The Labute approximate surface area is 182 Å². The van der Waals surface area contributed by atoms with Crippen LogP contribution in [0.1, 0.15) is 11.1 Å². The summed E-state index contributed by atoms with van der Waals surface area (Å²) in [5.41, 5.74) is 1.66. The van der Waals surface area contributed by atoms with E-state index >= 15 is 0 Å². The van der Waals surface area contributed by atoms with E-state index in [-0.39, 0.29) is 40.9 Å². The van der Waals surface area contributed by atoms with Gasteiger partial charge in [0.25, 0.3) is 11.5 Å². The van der Waals surface area contributed by atoms with Crippen LogP contribution in [0.25, 0.3) is 16.7 Å². The molecule has 0 aliphatic carbocycles. The SMILES string of the molecule is C=CC=CSCC(=O)N=c1c(C#N)cc2c(=O)n3cccc(C)c3nc2n1CCOC. The van der Waals surface area contributed by atoms with Gasteiger partial charge in [-0.3, -0.25) is 14.0 Å². The lowest BCUT2D eigenvalue weighted by Gasteiger charge is -2.13. The molecule has 0 bridgehead atoms. The first kappa shape index (κ1) is 22.2. The lowest BCUT2D eigenvalue weighted by molar-refractivity contribution is -0.115. The van der Waals surface area contributed by atoms with Crippen LogP contribution < -0.4 is 11.0 Å². The van der Waals surface area contributed by atoms with E-state index in [1.165, 1.54) is 22.2 Å². The molecule has 3 rings (SSSR count). The number of carbonyl (C=O) groups excluding carboxylic acids is 1. The van der Waals surface area contributed by atoms with E-state index in [0.717, 1.165) is 5.56 Å². The molecule has 0 aliphatic rings. The molecule has 158 valence electrons. The van der Waals surface area contributed by atoms with Crippen molar-refractivity contribution in [2.75, 3.05) is 19.5 Å². The molecule has 0 atom stereocenters. The Kier molecular flexibility index (Phi) is 7.18. The molecule has 3 aromatic rings.